The molecule has 1 atom stereocenters. The predicted molar refractivity (Wildman–Crippen MR) is 67.8 cm³/mol. The van der Waals surface area contributed by atoms with Crippen molar-refractivity contribution in [2.24, 2.45) is 5.92 Å². The Labute approximate surface area is 107 Å². The van der Waals surface area contributed by atoms with Crippen LogP contribution in [0.4, 0.5) is 0 Å². The molecule has 1 aromatic rings. The second kappa shape index (κ2) is 5.81. The molecule has 1 aromatic heterocycles. The van der Waals surface area contributed by atoms with Crippen LogP contribution in [0, 0.1) is 5.92 Å². The largest absolute Gasteiger partial charge is 0.394 e. The number of nitrogens with one attached hydrogen (secondary N) is 1. The van der Waals surface area contributed by atoms with Crippen LogP contribution in [0.15, 0.2) is 12.4 Å². The molecule has 0 amide bonds. The van der Waals surface area contributed by atoms with Gasteiger partial charge in [0.1, 0.15) is 0 Å². The van der Waals surface area contributed by atoms with Gasteiger partial charge in [-0.05, 0) is 18.9 Å². The van der Waals surface area contributed by atoms with Crippen molar-refractivity contribution in [2.75, 3.05) is 24.7 Å². The second-order valence-corrected chi connectivity index (χ2v) is 6.96. The van der Waals surface area contributed by atoms with Gasteiger partial charge in [0.25, 0.3) is 0 Å². The average Bonchev–Trinajstić information content (AvgIpc) is 2.87. The van der Waals surface area contributed by atoms with Crippen molar-refractivity contribution in [3.63, 3.8) is 0 Å². The van der Waals surface area contributed by atoms with E-state index in [4.69, 9.17) is 5.11 Å². The highest BCUT2D eigenvalue weighted by molar-refractivity contribution is 7.91. The van der Waals surface area contributed by atoms with E-state index in [0.717, 1.165) is 18.5 Å². The van der Waals surface area contributed by atoms with E-state index >= 15 is 0 Å². The molecule has 0 spiro atoms. The van der Waals surface area contributed by atoms with Gasteiger partial charge in [-0.3, -0.25) is 4.68 Å². The Morgan fingerprint density at radius 2 is 2.39 bits per heavy atom. The van der Waals surface area contributed by atoms with Crippen molar-refractivity contribution in [3.05, 3.63) is 18.0 Å². The third-order valence-corrected chi connectivity index (χ3v) is 4.94. The standard InChI is InChI=1S/C11H19N3O3S/c15-3-2-14-8-11(7-13-14)6-12-5-10-1-4-18(16,17)9-10/h7-8,10,12,15H,1-6,9H2. The normalized spacial score (nSPS) is 22.4. The molecule has 2 heterocycles. The molecule has 0 saturated carbocycles. The zero-order valence-corrected chi connectivity index (χ0v) is 11.1. The van der Waals surface area contributed by atoms with E-state index in [2.05, 4.69) is 10.4 Å². The Hall–Kier alpha value is -0.920. The summed E-state index contributed by atoms with van der Waals surface area (Å²) in [4.78, 5) is 0. The van der Waals surface area contributed by atoms with Crippen LogP contribution in [0.2, 0.25) is 0 Å². The molecule has 0 bridgehead atoms. The number of aromatic nitrogens is 2. The zero-order valence-electron chi connectivity index (χ0n) is 10.2. The lowest BCUT2D eigenvalue weighted by Crippen LogP contribution is -2.23. The van der Waals surface area contributed by atoms with Crippen LogP contribution < -0.4 is 5.32 Å². The van der Waals surface area contributed by atoms with Crippen LogP contribution in [-0.4, -0.2) is 48.0 Å². The first kappa shape index (κ1) is 13.5. The Kier molecular flexibility index (Phi) is 4.36. The maximum atomic E-state index is 11.3. The van der Waals surface area contributed by atoms with Crippen LogP contribution in [0.25, 0.3) is 0 Å². The number of aliphatic hydroxyl groups excluding tert-OH is 1. The van der Waals surface area contributed by atoms with Crippen LogP contribution in [0.5, 0.6) is 0 Å². The van der Waals surface area contributed by atoms with Gasteiger partial charge in [0, 0.05) is 18.3 Å². The van der Waals surface area contributed by atoms with E-state index < -0.39 is 9.84 Å². The monoisotopic (exact) mass is 273 g/mol. The first-order valence-corrected chi connectivity index (χ1v) is 7.94. The van der Waals surface area contributed by atoms with E-state index in [1.807, 2.05) is 6.20 Å². The molecule has 1 fully saturated rings. The molecule has 0 aromatic carbocycles. The number of nitrogens with zero attached hydrogens (tertiary/aromatic N) is 2. The van der Waals surface area contributed by atoms with Gasteiger partial charge in [-0.1, -0.05) is 0 Å². The lowest BCUT2D eigenvalue weighted by molar-refractivity contribution is 0.269. The van der Waals surface area contributed by atoms with E-state index in [0.29, 0.717) is 24.6 Å². The first-order valence-electron chi connectivity index (χ1n) is 6.12. The summed E-state index contributed by atoms with van der Waals surface area (Å²) in [5, 5.41) is 16.1. The van der Waals surface area contributed by atoms with Crippen LogP contribution >= 0.6 is 0 Å². The maximum Gasteiger partial charge on any atom is 0.150 e. The summed E-state index contributed by atoms with van der Waals surface area (Å²) in [6.07, 6.45) is 4.40. The van der Waals surface area contributed by atoms with E-state index in [9.17, 15) is 8.42 Å². The summed E-state index contributed by atoms with van der Waals surface area (Å²) < 4.78 is 24.3. The summed E-state index contributed by atoms with van der Waals surface area (Å²) in [5.74, 6) is 0.875. The Balaban J connectivity index is 1.72. The Bertz CT molecular complexity index is 483. The van der Waals surface area contributed by atoms with Gasteiger partial charge in [0.15, 0.2) is 9.84 Å². The fraction of sp³-hybridized carbons (Fsp3) is 0.727. The van der Waals surface area contributed by atoms with E-state index in [1.54, 1.807) is 10.9 Å². The molecule has 1 saturated heterocycles. The molecule has 2 rings (SSSR count). The molecule has 18 heavy (non-hydrogen) atoms. The molecule has 2 N–H and O–H groups in total. The lowest BCUT2D eigenvalue weighted by atomic mass is 10.1. The SMILES string of the molecule is O=S1(=O)CCC(CNCc2cnn(CCO)c2)C1. The third kappa shape index (κ3) is 3.79. The number of sulfone groups is 1. The van der Waals surface area contributed by atoms with Gasteiger partial charge in [0.2, 0.25) is 0 Å². The Morgan fingerprint density at radius 1 is 1.56 bits per heavy atom. The minimum absolute atomic E-state index is 0.0779. The van der Waals surface area contributed by atoms with Crippen molar-refractivity contribution in [3.8, 4) is 0 Å². The molecule has 6 nitrogen and oxygen atoms in total. The maximum absolute atomic E-state index is 11.3. The molecular formula is C11H19N3O3S. The van der Waals surface area contributed by atoms with Crippen LogP contribution in [0.3, 0.4) is 0 Å². The van der Waals surface area contributed by atoms with Gasteiger partial charge in [0.05, 0.1) is 30.9 Å². The minimum Gasteiger partial charge on any atom is -0.394 e. The summed E-state index contributed by atoms with van der Waals surface area (Å²) in [6.45, 7) is 1.99. The highest BCUT2D eigenvalue weighted by atomic mass is 32.2. The molecule has 1 aliphatic heterocycles. The molecule has 0 radical (unpaired) electrons. The summed E-state index contributed by atoms with van der Waals surface area (Å²) in [7, 11) is -2.78. The summed E-state index contributed by atoms with van der Waals surface area (Å²) in [5.41, 5.74) is 1.05. The number of rotatable bonds is 6. The molecular weight excluding hydrogens is 254 g/mol. The van der Waals surface area contributed by atoms with Crippen molar-refractivity contribution in [1.82, 2.24) is 15.1 Å². The second-order valence-electron chi connectivity index (χ2n) is 4.74. The van der Waals surface area contributed by atoms with Crippen molar-refractivity contribution >= 4 is 9.84 Å². The van der Waals surface area contributed by atoms with Gasteiger partial charge in [-0.2, -0.15) is 5.10 Å². The van der Waals surface area contributed by atoms with Gasteiger partial charge < -0.3 is 10.4 Å². The molecule has 102 valence electrons. The van der Waals surface area contributed by atoms with Crippen molar-refractivity contribution in [1.29, 1.82) is 0 Å². The number of hydrogen-bond acceptors (Lipinski definition) is 5. The van der Waals surface area contributed by atoms with Crippen LogP contribution in [0.1, 0.15) is 12.0 Å². The highest BCUT2D eigenvalue weighted by Gasteiger charge is 2.27. The lowest BCUT2D eigenvalue weighted by Gasteiger charge is -2.08. The first-order chi connectivity index (χ1) is 8.59. The van der Waals surface area contributed by atoms with Crippen LogP contribution in [-0.2, 0) is 22.9 Å². The smallest absolute Gasteiger partial charge is 0.150 e. The molecule has 1 aliphatic rings. The Morgan fingerprint density at radius 3 is 3.06 bits per heavy atom. The summed E-state index contributed by atoms with van der Waals surface area (Å²) >= 11 is 0. The number of hydrogen-bond donors (Lipinski definition) is 2. The van der Waals surface area contributed by atoms with E-state index in [1.165, 1.54) is 0 Å². The minimum atomic E-state index is -2.78. The van der Waals surface area contributed by atoms with Gasteiger partial charge >= 0.3 is 0 Å². The van der Waals surface area contributed by atoms with Gasteiger partial charge in [-0.25, -0.2) is 8.42 Å². The predicted octanol–water partition coefficient (Wildman–Crippen LogP) is -0.600. The average molecular weight is 273 g/mol. The third-order valence-electron chi connectivity index (χ3n) is 3.10. The van der Waals surface area contributed by atoms with Gasteiger partial charge in [-0.15, -0.1) is 0 Å². The van der Waals surface area contributed by atoms with Crippen molar-refractivity contribution in [2.45, 2.75) is 19.5 Å². The van der Waals surface area contributed by atoms with Crippen molar-refractivity contribution < 1.29 is 13.5 Å². The topological polar surface area (TPSA) is 84.2 Å². The summed E-state index contributed by atoms with van der Waals surface area (Å²) in [6, 6.07) is 0. The van der Waals surface area contributed by atoms with E-state index in [-0.39, 0.29) is 12.5 Å². The highest BCUT2D eigenvalue weighted by Crippen LogP contribution is 2.17. The number of aliphatic hydroxyl groups is 1. The quantitative estimate of drug-likeness (QED) is 0.723. The zero-order chi connectivity index (χ0) is 13.0. The molecule has 1 unspecified atom stereocenters. The fourth-order valence-electron chi connectivity index (χ4n) is 2.18. The molecule has 7 heteroatoms. The molecule has 0 aliphatic carbocycles. The fourth-order valence-corrected chi connectivity index (χ4v) is 4.04.